The Balaban J connectivity index is 2.11. The molecule has 0 atom stereocenters. The summed E-state index contributed by atoms with van der Waals surface area (Å²) in [5.74, 6) is 0.251. The van der Waals surface area contributed by atoms with E-state index in [4.69, 9.17) is 14.6 Å². The lowest BCUT2D eigenvalue weighted by molar-refractivity contribution is 0.0696. The second kappa shape index (κ2) is 7.45. The molecule has 0 aromatic heterocycles. The molecule has 2 rings (SSSR count). The molecular formula is C18H18O5. The van der Waals surface area contributed by atoms with Gasteiger partial charge in [-0.25, -0.2) is 4.79 Å². The maximum Gasteiger partial charge on any atom is 0.335 e. The van der Waals surface area contributed by atoms with E-state index in [-0.39, 0.29) is 17.8 Å². The number of benzene rings is 2. The summed E-state index contributed by atoms with van der Waals surface area (Å²) >= 11 is 0. The number of aryl methyl sites for hydroxylation is 1. The Labute approximate surface area is 134 Å². The quantitative estimate of drug-likeness (QED) is 0.794. The highest BCUT2D eigenvalue weighted by Gasteiger charge is 2.12. The number of carboxylic acid groups (broad SMARTS) is 1. The van der Waals surface area contributed by atoms with Crippen LogP contribution in [0.25, 0.3) is 0 Å². The van der Waals surface area contributed by atoms with Crippen LogP contribution in [0.3, 0.4) is 0 Å². The van der Waals surface area contributed by atoms with Crippen molar-refractivity contribution in [3.8, 4) is 11.5 Å². The van der Waals surface area contributed by atoms with Crippen LogP contribution in [0.2, 0.25) is 0 Å². The maximum absolute atomic E-state index is 12.2. The van der Waals surface area contributed by atoms with Gasteiger partial charge in [0.2, 0.25) is 0 Å². The van der Waals surface area contributed by atoms with Crippen molar-refractivity contribution in [1.29, 1.82) is 0 Å². The largest absolute Gasteiger partial charge is 0.497 e. The minimum Gasteiger partial charge on any atom is -0.497 e. The molecule has 0 spiro atoms. The highest BCUT2D eigenvalue weighted by Crippen LogP contribution is 2.22. The minimum absolute atomic E-state index is 0.0181. The summed E-state index contributed by atoms with van der Waals surface area (Å²) in [4.78, 5) is 23.3. The third-order valence-electron chi connectivity index (χ3n) is 3.56. The number of carbonyl (C=O) groups excluding carboxylic acids is 1. The van der Waals surface area contributed by atoms with Gasteiger partial charge in [-0.1, -0.05) is 0 Å². The average molecular weight is 314 g/mol. The van der Waals surface area contributed by atoms with E-state index < -0.39 is 5.97 Å². The summed E-state index contributed by atoms with van der Waals surface area (Å²) in [7, 11) is 3.09. The Kier molecular flexibility index (Phi) is 5.36. The summed E-state index contributed by atoms with van der Waals surface area (Å²) in [6.45, 7) is 0. The monoisotopic (exact) mass is 314 g/mol. The molecule has 0 aliphatic heterocycles. The van der Waals surface area contributed by atoms with Crippen molar-refractivity contribution in [1.82, 2.24) is 0 Å². The lowest BCUT2D eigenvalue weighted by Crippen LogP contribution is -2.04. The molecule has 0 saturated heterocycles. The van der Waals surface area contributed by atoms with E-state index in [2.05, 4.69) is 0 Å². The topological polar surface area (TPSA) is 72.8 Å². The third-order valence-corrected chi connectivity index (χ3v) is 3.56. The van der Waals surface area contributed by atoms with Gasteiger partial charge in [-0.2, -0.15) is 0 Å². The molecule has 0 aliphatic rings. The lowest BCUT2D eigenvalue weighted by Gasteiger charge is -2.09. The number of methoxy groups -OCH3 is 2. The normalized spacial score (nSPS) is 10.2. The maximum atomic E-state index is 12.2. The van der Waals surface area contributed by atoms with Crippen molar-refractivity contribution in [2.24, 2.45) is 0 Å². The van der Waals surface area contributed by atoms with Gasteiger partial charge < -0.3 is 14.6 Å². The van der Waals surface area contributed by atoms with Gasteiger partial charge in [-0.15, -0.1) is 0 Å². The first-order chi connectivity index (χ1) is 11.0. The number of hydrogen-bond donors (Lipinski definition) is 1. The van der Waals surface area contributed by atoms with Gasteiger partial charge in [0.15, 0.2) is 5.78 Å². The van der Waals surface area contributed by atoms with Crippen LogP contribution in [0.1, 0.15) is 32.7 Å². The molecule has 2 aromatic rings. The first kappa shape index (κ1) is 16.5. The molecule has 0 unspecified atom stereocenters. The summed E-state index contributed by atoms with van der Waals surface area (Å²) in [5, 5.41) is 9.06. The molecule has 0 radical (unpaired) electrons. The Hall–Kier alpha value is -2.82. The van der Waals surface area contributed by atoms with Crippen LogP contribution in [0, 0.1) is 0 Å². The average Bonchev–Trinajstić information content (AvgIpc) is 2.59. The fourth-order valence-corrected chi connectivity index (χ4v) is 2.28. The van der Waals surface area contributed by atoms with E-state index >= 15 is 0 Å². The predicted molar refractivity (Wildman–Crippen MR) is 85.6 cm³/mol. The smallest absolute Gasteiger partial charge is 0.335 e. The molecule has 0 saturated carbocycles. The zero-order chi connectivity index (χ0) is 16.8. The molecule has 0 fully saturated rings. The highest BCUT2D eigenvalue weighted by atomic mass is 16.5. The summed E-state index contributed by atoms with van der Waals surface area (Å²) in [6, 6.07) is 11.5. The Bertz CT molecular complexity index is 704. The second-order valence-corrected chi connectivity index (χ2v) is 4.98. The van der Waals surface area contributed by atoms with Crippen molar-refractivity contribution < 1.29 is 24.2 Å². The standard InChI is InChI=1S/C18H18O5/c1-22-15-7-3-12(4-8-15)16(19)9-5-13-11-14(18(20)21)6-10-17(13)23-2/h3-4,6-8,10-11H,5,9H2,1-2H3,(H,20,21). The zero-order valence-corrected chi connectivity index (χ0v) is 13.0. The van der Waals surface area contributed by atoms with Crippen molar-refractivity contribution in [2.45, 2.75) is 12.8 Å². The predicted octanol–water partition coefficient (Wildman–Crippen LogP) is 3.22. The van der Waals surface area contributed by atoms with Crippen LogP contribution in [-0.4, -0.2) is 31.1 Å². The zero-order valence-electron chi connectivity index (χ0n) is 13.0. The Morgan fingerprint density at radius 1 is 0.957 bits per heavy atom. The van der Waals surface area contributed by atoms with Gasteiger partial charge in [0, 0.05) is 12.0 Å². The van der Waals surface area contributed by atoms with E-state index in [1.54, 1.807) is 43.5 Å². The number of carbonyl (C=O) groups is 2. The summed E-state index contributed by atoms with van der Waals surface area (Å²) < 4.78 is 10.3. The number of Topliss-reactive ketones (excluding diaryl/α,β-unsaturated/α-hetero) is 1. The van der Waals surface area contributed by atoms with Gasteiger partial charge in [-0.3, -0.25) is 4.79 Å². The van der Waals surface area contributed by atoms with Crippen LogP contribution >= 0.6 is 0 Å². The number of ether oxygens (including phenoxy) is 2. The van der Waals surface area contributed by atoms with Crippen molar-refractivity contribution in [3.05, 3.63) is 59.2 Å². The molecule has 0 aliphatic carbocycles. The van der Waals surface area contributed by atoms with Gasteiger partial charge in [0.1, 0.15) is 11.5 Å². The third kappa shape index (κ3) is 4.10. The van der Waals surface area contributed by atoms with Crippen molar-refractivity contribution in [3.63, 3.8) is 0 Å². The van der Waals surface area contributed by atoms with Crippen LogP contribution in [-0.2, 0) is 6.42 Å². The van der Waals surface area contributed by atoms with Gasteiger partial charge in [0.05, 0.1) is 19.8 Å². The second-order valence-electron chi connectivity index (χ2n) is 4.98. The number of carboxylic acids is 1. The number of rotatable bonds is 7. The molecule has 1 N–H and O–H groups in total. The minimum atomic E-state index is -1.00. The van der Waals surface area contributed by atoms with Crippen LogP contribution < -0.4 is 9.47 Å². The number of aromatic carboxylic acids is 1. The summed E-state index contributed by atoms with van der Waals surface area (Å²) in [5.41, 5.74) is 1.48. The molecule has 5 nitrogen and oxygen atoms in total. The molecule has 120 valence electrons. The van der Waals surface area contributed by atoms with E-state index in [0.29, 0.717) is 29.0 Å². The SMILES string of the molecule is COc1ccc(C(=O)CCc2cc(C(=O)O)ccc2OC)cc1. The molecule has 0 heterocycles. The first-order valence-electron chi connectivity index (χ1n) is 7.12. The molecule has 0 bridgehead atoms. The lowest BCUT2D eigenvalue weighted by atomic mass is 10.0. The highest BCUT2D eigenvalue weighted by molar-refractivity contribution is 5.96. The first-order valence-corrected chi connectivity index (χ1v) is 7.12. The van der Waals surface area contributed by atoms with E-state index in [9.17, 15) is 9.59 Å². The van der Waals surface area contributed by atoms with E-state index in [1.807, 2.05) is 0 Å². The molecule has 0 amide bonds. The number of hydrogen-bond acceptors (Lipinski definition) is 4. The molecule has 23 heavy (non-hydrogen) atoms. The Morgan fingerprint density at radius 3 is 2.17 bits per heavy atom. The van der Waals surface area contributed by atoms with Crippen molar-refractivity contribution in [2.75, 3.05) is 14.2 Å². The van der Waals surface area contributed by atoms with Crippen LogP contribution in [0.15, 0.2) is 42.5 Å². The summed E-state index contributed by atoms with van der Waals surface area (Å²) in [6.07, 6.45) is 0.681. The molecular weight excluding hydrogens is 296 g/mol. The van der Waals surface area contributed by atoms with Gasteiger partial charge >= 0.3 is 5.97 Å². The van der Waals surface area contributed by atoms with Gasteiger partial charge in [-0.05, 0) is 54.4 Å². The number of ketones is 1. The Morgan fingerprint density at radius 2 is 1.61 bits per heavy atom. The van der Waals surface area contributed by atoms with Crippen molar-refractivity contribution >= 4 is 11.8 Å². The van der Waals surface area contributed by atoms with Gasteiger partial charge in [0.25, 0.3) is 0 Å². The van der Waals surface area contributed by atoms with E-state index in [0.717, 1.165) is 0 Å². The fraction of sp³-hybridized carbons (Fsp3) is 0.222. The van der Waals surface area contributed by atoms with Crippen LogP contribution in [0.5, 0.6) is 11.5 Å². The van der Waals surface area contributed by atoms with Crippen LogP contribution in [0.4, 0.5) is 0 Å². The molecule has 2 aromatic carbocycles. The molecule has 5 heteroatoms. The van der Waals surface area contributed by atoms with E-state index in [1.165, 1.54) is 13.2 Å². The fourth-order valence-electron chi connectivity index (χ4n) is 2.28.